The molecule has 2 rings (SSSR count). The van der Waals surface area contributed by atoms with E-state index in [0.29, 0.717) is 6.04 Å². The van der Waals surface area contributed by atoms with Gasteiger partial charge in [-0.1, -0.05) is 13.0 Å². The highest BCUT2D eigenvalue weighted by Crippen LogP contribution is 2.47. The molecule has 0 radical (unpaired) electrons. The molecule has 3 unspecified atom stereocenters. The maximum Gasteiger partial charge on any atom is 0.0443 e. The topological polar surface area (TPSA) is 12.0 Å². The monoisotopic (exact) mass is 181 g/mol. The lowest BCUT2D eigenvalue weighted by Gasteiger charge is -2.13. The minimum atomic E-state index is 0.611. The zero-order chi connectivity index (χ0) is 8.55. The molecule has 3 atom stereocenters. The lowest BCUT2D eigenvalue weighted by atomic mass is 10.1. The number of nitrogens with one attached hydrogen (secondary N) is 1. The first kappa shape index (κ1) is 8.27. The molecule has 1 aromatic heterocycles. The van der Waals surface area contributed by atoms with Gasteiger partial charge in [-0.05, 0) is 36.8 Å². The van der Waals surface area contributed by atoms with E-state index in [1.54, 1.807) is 0 Å². The van der Waals surface area contributed by atoms with Crippen LogP contribution in [0.25, 0.3) is 0 Å². The predicted molar refractivity (Wildman–Crippen MR) is 53.4 cm³/mol. The second-order valence-electron chi connectivity index (χ2n) is 3.66. The van der Waals surface area contributed by atoms with Gasteiger partial charge in [0.15, 0.2) is 0 Å². The van der Waals surface area contributed by atoms with Gasteiger partial charge in [-0.25, -0.2) is 0 Å². The molecule has 0 spiro atoms. The average Bonchev–Trinajstić information content (AvgIpc) is 2.60. The molecule has 66 valence electrons. The molecule has 1 saturated carbocycles. The molecule has 2 heteroatoms. The van der Waals surface area contributed by atoms with Crippen molar-refractivity contribution in [3.8, 4) is 0 Å². The normalized spacial score (nSPS) is 30.2. The molecule has 1 fully saturated rings. The molecule has 1 aromatic rings. The van der Waals surface area contributed by atoms with Gasteiger partial charge in [0.1, 0.15) is 0 Å². The summed E-state index contributed by atoms with van der Waals surface area (Å²) >= 11 is 1.86. The summed E-state index contributed by atoms with van der Waals surface area (Å²) in [5, 5.41) is 5.57. The van der Waals surface area contributed by atoms with Gasteiger partial charge in [0.05, 0.1) is 0 Å². The fourth-order valence-electron chi connectivity index (χ4n) is 1.85. The van der Waals surface area contributed by atoms with Crippen molar-refractivity contribution in [1.29, 1.82) is 0 Å². The number of rotatable bonds is 3. The summed E-state index contributed by atoms with van der Waals surface area (Å²) < 4.78 is 0. The highest BCUT2D eigenvalue weighted by Gasteiger charge is 2.39. The van der Waals surface area contributed by atoms with Crippen LogP contribution in [0.2, 0.25) is 0 Å². The summed E-state index contributed by atoms with van der Waals surface area (Å²) in [7, 11) is 2.06. The number of hydrogen-bond donors (Lipinski definition) is 1. The standard InChI is InChI=1S/C10H15NS/c1-7-6-8(7)10(11-2)9-4-3-5-12-9/h3-5,7-8,10-11H,6H2,1-2H3. The third-order valence-corrected chi connectivity index (χ3v) is 3.72. The van der Waals surface area contributed by atoms with Gasteiger partial charge < -0.3 is 5.32 Å². The Morgan fingerprint density at radius 2 is 2.42 bits per heavy atom. The van der Waals surface area contributed by atoms with Crippen molar-refractivity contribution in [3.63, 3.8) is 0 Å². The van der Waals surface area contributed by atoms with E-state index in [1.165, 1.54) is 11.3 Å². The summed E-state index contributed by atoms with van der Waals surface area (Å²) in [5.41, 5.74) is 0. The van der Waals surface area contributed by atoms with Crippen LogP contribution in [0, 0.1) is 11.8 Å². The minimum Gasteiger partial charge on any atom is -0.312 e. The van der Waals surface area contributed by atoms with Crippen molar-refractivity contribution in [1.82, 2.24) is 5.32 Å². The smallest absolute Gasteiger partial charge is 0.0443 e. The van der Waals surface area contributed by atoms with Gasteiger partial charge in [-0.15, -0.1) is 11.3 Å². The maximum atomic E-state index is 3.41. The van der Waals surface area contributed by atoms with Crippen molar-refractivity contribution in [2.45, 2.75) is 19.4 Å². The van der Waals surface area contributed by atoms with Gasteiger partial charge in [-0.2, -0.15) is 0 Å². The summed E-state index contributed by atoms with van der Waals surface area (Å²) in [6.07, 6.45) is 1.39. The molecule has 0 aliphatic heterocycles. The van der Waals surface area contributed by atoms with Gasteiger partial charge in [0.2, 0.25) is 0 Å². The van der Waals surface area contributed by atoms with Crippen LogP contribution in [-0.4, -0.2) is 7.05 Å². The zero-order valence-electron chi connectivity index (χ0n) is 7.58. The molecule has 0 amide bonds. The summed E-state index contributed by atoms with van der Waals surface area (Å²) in [6, 6.07) is 4.98. The predicted octanol–water partition coefficient (Wildman–Crippen LogP) is 2.66. The Kier molecular flexibility index (Phi) is 2.20. The van der Waals surface area contributed by atoms with E-state index in [-0.39, 0.29) is 0 Å². The van der Waals surface area contributed by atoms with E-state index in [2.05, 4.69) is 36.8 Å². The van der Waals surface area contributed by atoms with Crippen LogP contribution in [0.5, 0.6) is 0 Å². The van der Waals surface area contributed by atoms with Crippen molar-refractivity contribution in [3.05, 3.63) is 22.4 Å². The van der Waals surface area contributed by atoms with Gasteiger partial charge in [0, 0.05) is 10.9 Å². The van der Waals surface area contributed by atoms with Gasteiger partial charge >= 0.3 is 0 Å². The lowest BCUT2D eigenvalue weighted by molar-refractivity contribution is 0.512. The number of thiophene rings is 1. The van der Waals surface area contributed by atoms with Crippen molar-refractivity contribution in [2.75, 3.05) is 7.05 Å². The Hall–Kier alpha value is -0.340. The van der Waals surface area contributed by atoms with Crippen molar-refractivity contribution < 1.29 is 0 Å². The highest BCUT2D eigenvalue weighted by atomic mass is 32.1. The lowest BCUT2D eigenvalue weighted by Crippen LogP contribution is -2.17. The molecule has 0 aromatic carbocycles. The molecule has 1 nitrogen and oxygen atoms in total. The number of hydrogen-bond acceptors (Lipinski definition) is 2. The van der Waals surface area contributed by atoms with Gasteiger partial charge in [-0.3, -0.25) is 0 Å². The molecule has 0 bridgehead atoms. The molecular formula is C10H15NS. The van der Waals surface area contributed by atoms with Crippen LogP contribution in [0.4, 0.5) is 0 Å². The molecular weight excluding hydrogens is 166 g/mol. The SMILES string of the molecule is CNC(c1cccs1)C1CC1C. The first-order valence-corrected chi connectivity index (χ1v) is 5.41. The third-order valence-electron chi connectivity index (χ3n) is 2.76. The van der Waals surface area contributed by atoms with Crippen LogP contribution >= 0.6 is 11.3 Å². The highest BCUT2D eigenvalue weighted by molar-refractivity contribution is 7.10. The van der Waals surface area contributed by atoms with E-state index >= 15 is 0 Å². The fourth-order valence-corrected chi connectivity index (χ4v) is 2.76. The molecule has 12 heavy (non-hydrogen) atoms. The maximum absolute atomic E-state index is 3.41. The third kappa shape index (κ3) is 1.41. The second kappa shape index (κ2) is 3.19. The fraction of sp³-hybridized carbons (Fsp3) is 0.600. The molecule has 1 aliphatic carbocycles. The summed E-state index contributed by atoms with van der Waals surface area (Å²) in [6.45, 7) is 2.34. The molecule has 1 aliphatic rings. The molecule has 0 saturated heterocycles. The Morgan fingerprint density at radius 1 is 1.67 bits per heavy atom. The first-order valence-electron chi connectivity index (χ1n) is 4.53. The minimum absolute atomic E-state index is 0.611. The van der Waals surface area contributed by atoms with Crippen molar-refractivity contribution in [2.24, 2.45) is 11.8 Å². The summed E-state index contributed by atoms with van der Waals surface area (Å²) in [5.74, 6) is 1.80. The second-order valence-corrected chi connectivity index (χ2v) is 4.64. The van der Waals surface area contributed by atoms with Crippen LogP contribution in [-0.2, 0) is 0 Å². The van der Waals surface area contributed by atoms with E-state index in [0.717, 1.165) is 11.8 Å². The largest absolute Gasteiger partial charge is 0.312 e. The van der Waals surface area contributed by atoms with E-state index in [4.69, 9.17) is 0 Å². The van der Waals surface area contributed by atoms with Crippen LogP contribution in [0.1, 0.15) is 24.3 Å². The van der Waals surface area contributed by atoms with Crippen LogP contribution in [0.3, 0.4) is 0 Å². The van der Waals surface area contributed by atoms with Crippen LogP contribution < -0.4 is 5.32 Å². The van der Waals surface area contributed by atoms with E-state index in [9.17, 15) is 0 Å². The zero-order valence-corrected chi connectivity index (χ0v) is 8.40. The molecule has 1 N–H and O–H groups in total. The summed E-state index contributed by atoms with van der Waals surface area (Å²) in [4.78, 5) is 1.49. The Labute approximate surface area is 77.8 Å². The van der Waals surface area contributed by atoms with Crippen molar-refractivity contribution >= 4 is 11.3 Å². The molecule has 1 heterocycles. The Morgan fingerprint density at radius 3 is 2.83 bits per heavy atom. The Bertz CT molecular complexity index is 242. The average molecular weight is 181 g/mol. The van der Waals surface area contributed by atoms with Crippen LogP contribution in [0.15, 0.2) is 17.5 Å². The van der Waals surface area contributed by atoms with Gasteiger partial charge in [0.25, 0.3) is 0 Å². The van der Waals surface area contributed by atoms with E-state index < -0.39 is 0 Å². The first-order chi connectivity index (χ1) is 5.83. The quantitative estimate of drug-likeness (QED) is 0.756. The van der Waals surface area contributed by atoms with E-state index in [1.807, 2.05) is 11.3 Å². The Balaban J connectivity index is 2.09.